The Balaban J connectivity index is 2.62. The Kier molecular flexibility index (Phi) is 4.80. The van der Waals surface area contributed by atoms with Gasteiger partial charge in [0.25, 0.3) is 0 Å². The van der Waals surface area contributed by atoms with Crippen molar-refractivity contribution in [3.8, 4) is 0 Å². The van der Waals surface area contributed by atoms with Gasteiger partial charge in [-0.05, 0) is 12.8 Å². The molecule has 15 heavy (non-hydrogen) atoms. The molecule has 1 saturated carbocycles. The van der Waals surface area contributed by atoms with Gasteiger partial charge in [-0.2, -0.15) is 0 Å². The van der Waals surface area contributed by atoms with Gasteiger partial charge in [0.2, 0.25) is 0 Å². The van der Waals surface area contributed by atoms with Gasteiger partial charge in [-0.15, -0.1) is 0 Å². The lowest BCUT2D eigenvalue weighted by Crippen LogP contribution is -2.46. The van der Waals surface area contributed by atoms with Crippen LogP contribution in [0.25, 0.3) is 0 Å². The molecule has 5 heteroatoms. The van der Waals surface area contributed by atoms with E-state index in [1.54, 1.807) is 0 Å². The van der Waals surface area contributed by atoms with Crippen molar-refractivity contribution in [2.75, 3.05) is 12.8 Å². The van der Waals surface area contributed by atoms with Crippen LogP contribution in [0.1, 0.15) is 25.7 Å². The zero-order valence-electron chi connectivity index (χ0n) is 9.00. The van der Waals surface area contributed by atoms with E-state index in [0.717, 1.165) is 30.2 Å². The number of nitrogens with one attached hydrogen (secondary N) is 1. The van der Waals surface area contributed by atoms with Gasteiger partial charge in [0.15, 0.2) is 9.84 Å². The second-order valence-electron chi connectivity index (χ2n) is 4.16. The summed E-state index contributed by atoms with van der Waals surface area (Å²) in [4.78, 5) is 0. The maximum atomic E-state index is 11.6. The van der Waals surface area contributed by atoms with Crippen molar-refractivity contribution in [1.29, 1.82) is 0 Å². The summed E-state index contributed by atoms with van der Waals surface area (Å²) in [6.07, 6.45) is 5.19. The minimum Gasteiger partial charge on any atom is -0.308 e. The number of hydrogen-bond acceptors (Lipinski definition) is 3. The summed E-state index contributed by atoms with van der Waals surface area (Å²) in [5.74, 6) is 0. The molecule has 0 heterocycles. The first-order chi connectivity index (χ1) is 6.91. The zero-order chi connectivity index (χ0) is 11.5. The van der Waals surface area contributed by atoms with E-state index in [9.17, 15) is 8.42 Å². The molecule has 1 fully saturated rings. The van der Waals surface area contributed by atoms with E-state index in [1.165, 1.54) is 6.26 Å². The fourth-order valence-corrected chi connectivity index (χ4v) is 3.67. The van der Waals surface area contributed by atoms with E-state index < -0.39 is 9.84 Å². The Morgan fingerprint density at radius 3 is 2.60 bits per heavy atom. The average Bonchev–Trinajstić information content (AvgIpc) is 2.13. The highest BCUT2D eigenvalue weighted by molar-refractivity contribution is 9.11. The molecule has 0 aliphatic heterocycles. The first-order valence-electron chi connectivity index (χ1n) is 5.17. The topological polar surface area (TPSA) is 46.2 Å². The largest absolute Gasteiger partial charge is 0.308 e. The molecule has 2 atom stereocenters. The monoisotopic (exact) mass is 295 g/mol. The van der Waals surface area contributed by atoms with E-state index >= 15 is 0 Å². The Bertz CT molecular complexity index is 326. The second-order valence-corrected chi connectivity index (χ2v) is 7.54. The molecule has 1 rings (SSSR count). The molecule has 0 bridgehead atoms. The minimum absolute atomic E-state index is 0.0862. The molecule has 1 N–H and O–H groups in total. The molecule has 0 radical (unpaired) electrons. The summed E-state index contributed by atoms with van der Waals surface area (Å²) in [6.45, 7) is 4.37. The van der Waals surface area contributed by atoms with Crippen molar-refractivity contribution in [3.63, 3.8) is 0 Å². The minimum atomic E-state index is -2.93. The van der Waals surface area contributed by atoms with Crippen molar-refractivity contribution in [2.45, 2.75) is 37.0 Å². The summed E-state index contributed by atoms with van der Waals surface area (Å²) in [7, 11) is -2.93. The Hall–Kier alpha value is 0.130. The van der Waals surface area contributed by atoms with Crippen LogP contribution >= 0.6 is 15.9 Å². The number of rotatable bonds is 4. The van der Waals surface area contributed by atoms with Crippen LogP contribution in [0.15, 0.2) is 11.1 Å². The van der Waals surface area contributed by atoms with Gasteiger partial charge in [0.1, 0.15) is 0 Å². The Labute approximate surface area is 100 Å². The molecular formula is C10H18BrNO2S. The van der Waals surface area contributed by atoms with Crippen LogP contribution in [-0.2, 0) is 9.84 Å². The highest BCUT2D eigenvalue weighted by Crippen LogP contribution is 2.24. The van der Waals surface area contributed by atoms with Crippen LogP contribution < -0.4 is 5.32 Å². The van der Waals surface area contributed by atoms with Crippen molar-refractivity contribution in [3.05, 3.63) is 11.1 Å². The summed E-state index contributed by atoms with van der Waals surface area (Å²) in [5.41, 5.74) is 0. The molecule has 0 aromatic heterocycles. The first kappa shape index (κ1) is 13.2. The fraction of sp³-hybridized carbons (Fsp3) is 0.800. The number of hydrogen-bond donors (Lipinski definition) is 1. The van der Waals surface area contributed by atoms with Crippen molar-refractivity contribution >= 4 is 25.8 Å². The maximum absolute atomic E-state index is 11.6. The van der Waals surface area contributed by atoms with Crippen molar-refractivity contribution in [2.24, 2.45) is 0 Å². The summed E-state index contributed by atoms with van der Waals surface area (Å²) < 4.78 is 24.0. The molecule has 0 amide bonds. The summed E-state index contributed by atoms with van der Waals surface area (Å²) in [5, 5.41) is 3.03. The van der Waals surface area contributed by atoms with Crippen LogP contribution in [0.2, 0.25) is 0 Å². The fourth-order valence-electron chi connectivity index (χ4n) is 2.08. The van der Waals surface area contributed by atoms with Crippen LogP contribution in [0.3, 0.4) is 0 Å². The van der Waals surface area contributed by atoms with Gasteiger partial charge in [-0.3, -0.25) is 0 Å². The summed E-state index contributed by atoms with van der Waals surface area (Å²) >= 11 is 3.27. The van der Waals surface area contributed by atoms with Gasteiger partial charge < -0.3 is 5.32 Å². The third-order valence-electron chi connectivity index (χ3n) is 2.81. The molecular weight excluding hydrogens is 278 g/mol. The van der Waals surface area contributed by atoms with Gasteiger partial charge in [-0.25, -0.2) is 8.42 Å². The molecule has 1 aliphatic carbocycles. The first-order valence-corrected chi connectivity index (χ1v) is 7.91. The van der Waals surface area contributed by atoms with Crippen LogP contribution in [0, 0.1) is 0 Å². The third-order valence-corrected chi connectivity index (χ3v) is 4.75. The molecule has 0 spiro atoms. The number of sulfone groups is 1. The number of halogens is 1. The molecule has 2 unspecified atom stereocenters. The SMILES string of the molecule is C=C(Br)CNC1CCCCC1S(C)(=O)=O. The van der Waals surface area contributed by atoms with Crippen LogP contribution in [-0.4, -0.2) is 32.5 Å². The lowest BCUT2D eigenvalue weighted by molar-refractivity contribution is 0.382. The van der Waals surface area contributed by atoms with E-state index in [-0.39, 0.29) is 11.3 Å². The average molecular weight is 296 g/mol. The lowest BCUT2D eigenvalue weighted by atomic mass is 9.95. The predicted molar refractivity (Wildman–Crippen MR) is 67.0 cm³/mol. The van der Waals surface area contributed by atoms with Crippen molar-refractivity contribution in [1.82, 2.24) is 5.32 Å². The van der Waals surface area contributed by atoms with Crippen molar-refractivity contribution < 1.29 is 8.42 Å². The molecule has 0 aromatic rings. The third kappa shape index (κ3) is 4.25. The van der Waals surface area contributed by atoms with Crippen LogP contribution in [0.5, 0.6) is 0 Å². The smallest absolute Gasteiger partial charge is 0.151 e. The highest BCUT2D eigenvalue weighted by Gasteiger charge is 2.32. The molecule has 1 aliphatic rings. The highest BCUT2D eigenvalue weighted by atomic mass is 79.9. The van der Waals surface area contributed by atoms with E-state index in [4.69, 9.17) is 0 Å². The normalized spacial score (nSPS) is 27.6. The van der Waals surface area contributed by atoms with Gasteiger partial charge in [-0.1, -0.05) is 35.4 Å². The molecule has 0 aromatic carbocycles. The Morgan fingerprint density at radius 2 is 2.07 bits per heavy atom. The zero-order valence-corrected chi connectivity index (χ0v) is 11.4. The summed E-state index contributed by atoms with van der Waals surface area (Å²) in [6, 6.07) is 0.0862. The quantitative estimate of drug-likeness (QED) is 0.861. The lowest BCUT2D eigenvalue weighted by Gasteiger charge is -2.30. The van der Waals surface area contributed by atoms with E-state index in [1.807, 2.05) is 0 Å². The Morgan fingerprint density at radius 1 is 1.47 bits per heavy atom. The predicted octanol–water partition coefficient (Wildman–Crippen LogP) is 1.84. The molecule has 0 saturated heterocycles. The molecule has 88 valence electrons. The molecule has 3 nitrogen and oxygen atoms in total. The maximum Gasteiger partial charge on any atom is 0.151 e. The van der Waals surface area contributed by atoms with Gasteiger partial charge >= 0.3 is 0 Å². The van der Waals surface area contributed by atoms with E-state index in [2.05, 4.69) is 27.8 Å². The van der Waals surface area contributed by atoms with Gasteiger partial charge in [0.05, 0.1) is 5.25 Å². The van der Waals surface area contributed by atoms with E-state index in [0.29, 0.717) is 6.54 Å². The van der Waals surface area contributed by atoms with Gasteiger partial charge in [0, 0.05) is 23.3 Å². The second kappa shape index (κ2) is 5.46. The standard InChI is InChI=1S/C10H18BrNO2S/c1-8(11)7-12-9-5-3-4-6-10(9)15(2,13)14/h9-10,12H,1,3-7H2,2H3. The van der Waals surface area contributed by atoms with Crippen LogP contribution in [0.4, 0.5) is 0 Å².